The van der Waals surface area contributed by atoms with E-state index in [1.54, 1.807) is 20.8 Å². The first-order valence-electron chi connectivity index (χ1n) is 5.15. The molecule has 0 aliphatic carbocycles. The summed E-state index contributed by atoms with van der Waals surface area (Å²) in [7, 11) is 0. The third kappa shape index (κ3) is 4.14. The summed E-state index contributed by atoms with van der Waals surface area (Å²) in [4.78, 5) is 0. The van der Waals surface area contributed by atoms with E-state index in [9.17, 15) is 17.6 Å². The second-order valence-electron chi connectivity index (χ2n) is 5.11. The molecular formula is C12H16ClF4N. The van der Waals surface area contributed by atoms with Crippen LogP contribution in [0.5, 0.6) is 0 Å². The van der Waals surface area contributed by atoms with Gasteiger partial charge in [0, 0.05) is 6.04 Å². The number of halogens is 5. The maximum absolute atomic E-state index is 13.2. The van der Waals surface area contributed by atoms with Crippen LogP contribution in [0.4, 0.5) is 17.6 Å². The summed E-state index contributed by atoms with van der Waals surface area (Å²) in [5.41, 5.74) is 4.54. The molecule has 0 heterocycles. The Hall–Kier alpha value is -0.810. The van der Waals surface area contributed by atoms with E-state index in [1.165, 1.54) is 0 Å². The first-order chi connectivity index (χ1) is 7.51. The highest BCUT2D eigenvalue weighted by molar-refractivity contribution is 5.85. The number of hydrogen-bond acceptors (Lipinski definition) is 1. The van der Waals surface area contributed by atoms with Crippen molar-refractivity contribution in [2.45, 2.75) is 33.0 Å². The minimum absolute atomic E-state index is 0. The second kappa shape index (κ2) is 5.45. The molecule has 0 bridgehead atoms. The third-order valence-corrected chi connectivity index (χ3v) is 2.54. The van der Waals surface area contributed by atoms with Gasteiger partial charge in [0.1, 0.15) is 5.82 Å². The van der Waals surface area contributed by atoms with Gasteiger partial charge in [-0.1, -0.05) is 20.8 Å². The lowest BCUT2D eigenvalue weighted by atomic mass is 9.82. The van der Waals surface area contributed by atoms with Gasteiger partial charge in [-0.2, -0.15) is 13.2 Å². The highest BCUT2D eigenvalue weighted by Crippen LogP contribution is 2.35. The predicted molar refractivity (Wildman–Crippen MR) is 65.0 cm³/mol. The molecule has 2 N–H and O–H groups in total. The van der Waals surface area contributed by atoms with Gasteiger partial charge in [0.15, 0.2) is 0 Å². The molecule has 0 aromatic heterocycles. The Morgan fingerprint density at radius 3 is 1.94 bits per heavy atom. The number of nitrogens with two attached hydrogens (primary N) is 1. The first kappa shape index (κ1) is 17.2. The van der Waals surface area contributed by atoms with E-state index >= 15 is 0 Å². The second-order valence-corrected chi connectivity index (χ2v) is 5.11. The van der Waals surface area contributed by atoms with Crippen LogP contribution >= 0.6 is 12.4 Å². The highest BCUT2D eigenvalue weighted by Gasteiger charge is 2.33. The summed E-state index contributed by atoms with van der Waals surface area (Å²) in [5.74, 6) is -0.922. The molecule has 0 spiro atoms. The van der Waals surface area contributed by atoms with Crippen molar-refractivity contribution in [2.75, 3.05) is 0 Å². The molecule has 1 rings (SSSR count). The van der Waals surface area contributed by atoms with Crippen molar-refractivity contribution in [3.05, 3.63) is 35.1 Å². The lowest BCUT2D eigenvalue weighted by molar-refractivity contribution is -0.137. The van der Waals surface area contributed by atoms with Crippen LogP contribution in [0.25, 0.3) is 0 Å². The minimum Gasteiger partial charge on any atom is -0.324 e. The van der Waals surface area contributed by atoms with E-state index in [2.05, 4.69) is 0 Å². The average molecular weight is 286 g/mol. The smallest absolute Gasteiger partial charge is 0.324 e. The predicted octanol–water partition coefficient (Wildman–Crippen LogP) is 4.31. The molecular weight excluding hydrogens is 270 g/mol. The van der Waals surface area contributed by atoms with Gasteiger partial charge in [-0.25, -0.2) is 4.39 Å². The molecule has 0 saturated heterocycles. The Kier molecular flexibility index (Phi) is 5.20. The molecule has 6 heteroatoms. The summed E-state index contributed by atoms with van der Waals surface area (Å²) < 4.78 is 50.7. The maximum atomic E-state index is 13.2. The van der Waals surface area contributed by atoms with Crippen molar-refractivity contribution in [3.63, 3.8) is 0 Å². The van der Waals surface area contributed by atoms with Gasteiger partial charge in [0.25, 0.3) is 0 Å². The zero-order valence-electron chi connectivity index (χ0n) is 10.3. The van der Waals surface area contributed by atoms with Crippen molar-refractivity contribution in [3.8, 4) is 0 Å². The van der Waals surface area contributed by atoms with Crippen LogP contribution in [0.3, 0.4) is 0 Å². The lowest BCUT2D eigenvalue weighted by Gasteiger charge is -2.28. The van der Waals surface area contributed by atoms with E-state index in [-0.39, 0.29) is 18.0 Å². The lowest BCUT2D eigenvalue weighted by Crippen LogP contribution is -2.26. The van der Waals surface area contributed by atoms with Crippen molar-refractivity contribution in [2.24, 2.45) is 11.1 Å². The summed E-state index contributed by atoms with van der Waals surface area (Å²) in [6, 6.07) is 1.77. The third-order valence-electron chi connectivity index (χ3n) is 2.54. The molecule has 0 unspecified atom stereocenters. The van der Waals surface area contributed by atoms with Gasteiger partial charge in [0.2, 0.25) is 0 Å². The SMILES string of the molecule is CC(C)(C)[C@@H](N)c1cc(F)cc(C(F)(F)F)c1.Cl. The Balaban J connectivity index is 0.00000289. The molecule has 0 radical (unpaired) electrons. The van der Waals surface area contributed by atoms with Gasteiger partial charge >= 0.3 is 6.18 Å². The van der Waals surface area contributed by atoms with Crippen molar-refractivity contribution < 1.29 is 17.6 Å². The quantitative estimate of drug-likeness (QED) is 0.765. The van der Waals surface area contributed by atoms with Gasteiger partial charge in [-0.15, -0.1) is 12.4 Å². The standard InChI is InChI=1S/C12H15F4N.ClH/c1-11(2,3)10(17)7-4-8(12(14,15)16)6-9(13)5-7;/h4-6,10H,17H2,1-3H3;1H/t10-;/m0./s1. The molecule has 0 aliphatic heterocycles. The number of rotatable bonds is 1. The maximum Gasteiger partial charge on any atom is 0.416 e. The fraction of sp³-hybridized carbons (Fsp3) is 0.500. The number of hydrogen-bond donors (Lipinski definition) is 1. The molecule has 18 heavy (non-hydrogen) atoms. The van der Waals surface area contributed by atoms with E-state index < -0.39 is 29.0 Å². The van der Waals surface area contributed by atoms with Crippen LogP contribution < -0.4 is 5.73 Å². The summed E-state index contributed by atoms with van der Waals surface area (Å²) >= 11 is 0. The van der Waals surface area contributed by atoms with Crippen molar-refractivity contribution in [1.29, 1.82) is 0 Å². The number of alkyl halides is 3. The van der Waals surface area contributed by atoms with Gasteiger partial charge < -0.3 is 5.73 Å². The average Bonchev–Trinajstić information content (AvgIpc) is 2.12. The topological polar surface area (TPSA) is 26.0 Å². The monoisotopic (exact) mass is 285 g/mol. The van der Waals surface area contributed by atoms with Crippen LogP contribution in [0.2, 0.25) is 0 Å². The molecule has 1 aromatic carbocycles. The van der Waals surface area contributed by atoms with Gasteiger partial charge in [-0.05, 0) is 29.2 Å². The van der Waals surface area contributed by atoms with E-state index in [1.807, 2.05) is 0 Å². The van der Waals surface area contributed by atoms with E-state index in [0.29, 0.717) is 6.07 Å². The van der Waals surface area contributed by atoms with Gasteiger partial charge in [0.05, 0.1) is 5.56 Å². The van der Waals surface area contributed by atoms with Gasteiger partial charge in [-0.3, -0.25) is 0 Å². The molecule has 1 nitrogen and oxygen atoms in total. The minimum atomic E-state index is -4.56. The zero-order valence-corrected chi connectivity index (χ0v) is 11.1. The Morgan fingerprint density at radius 1 is 1.06 bits per heavy atom. The largest absolute Gasteiger partial charge is 0.416 e. The molecule has 0 aliphatic rings. The molecule has 104 valence electrons. The zero-order chi connectivity index (χ0) is 13.4. The Labute approximate surface area is 110 Å². The van der Waals surface area contributed by atoms with Crippen molar-refractivity contribution >= 4 is 12.4 Å². The summed E-state index contributed by atoms with van der Waals surface area (Å²) in [6.07, 6.45) is -4.56. The Bertz CT molecular complexity index is 410. The van der Waals surface area contributed by atoms with Crippen LogP contribution in [-0.2, 0) is 6.18 Å². The van der Waals surface area contributed by atoms with Crippen LogP contribution in [0.1, 0.15) is 37.9 Å². The molecule has 1 atom stereocenters. The number of benzene rings is 1. The molecule has 0 amide bonds. The first-order valence-corrected chi connectivity index (χ1v) is 5.15. The molecule has 0 saturated carbocycles. The van der Waals surface area contributed by atoms with Crippen LogP contribution in [0.15, 0.2) is 18.2 Å². The molecule has 0 fully saturated rings. The van der Waals surface area contributed by atoms with Crippen LogP contribution in [-0.4, -0.2) is 0 Å². The van der Waals surface area contributed by atoms with Crippen molar-refractivity contribution in [1.82, 2.24) is 0 Å². The highest BCUT2D eigenvalue weighted by atomic mass is 35.5. The van der Waals surface area contributed by atoms with E-state index in [0.717, 1.165) is 12.1 Å². The van der Waals surface area contributed by atoms with E-state index in [4.69, 9.17) is 5.73 Å². The summed E-state index contributed by atoms with van der Waals surface area (Å²) in [5, 5.41) is 0. The van der Waals surface area contributed by atoms with Crippen LogP contribution in [0, 0.1) is 11.2 Å². The fourth-order valence-electron chi connectivity index (χ4n) is 1.46. The molecule has 1 aromatic rings. The summed E-state index contributed by atoms with van der Waals surface area (Å²) in [6.45, 7) is 5.36. The normalized spacial score (nSPS) is 14.0. The Morgan fingerprint density at radius 2 is 1.56 bits per heavy atom. The fourth-order valence-corrected chi connectivity index (χ4v) is 1.46.